The van der Waals surface area contributed by atoms with Crippen LogP contribution in [0.2, 0.25) is 0 Å². The standard InChI is InChI=1S/C31H32O4/c1-7-13-24-18-22(19-25(14-8-2)30(24)34-28(32)11-5)17-23-20-26(15-9-3)31(35-29(33)12-6)27(21-23)16-10-4/h7-12,18-21H,1-6,13-17H2. The molecule has 2 rings (SSSR count). The molecule has 0 aliphatic heterocycles. The van der Waals surface area contributed by atoms with Crippen LogP contribution in [0.4, 0.5) is 0 Å². The van der Waals surface area contributed by atoms with Crippen molar-refractivity contribution in [1.29, 1.82) is 0 Å². The predicted octanol–water partition coefficient (Wildman–Crippen LogP) is 6.37. The Kier molecular flexibility index (Phi) is 10.4. The summed E-state index contributed by atoms with van der Waals surface area (Å²) in [5.74, 6) is 0.0111. The summed E-state index contributed by atoms with van der Waals surface area (Å²) in [6.07, 6.45) is 12.2. The van der Waals surface area contributed by atoms with Crippen molar-refractivity contribution in [3.8, 4) is 11.5 Å². The van der Waals surface area contributed by atoms with Gasteiger partial charge in [0, 0.05) is 12.2 Å². The van der Waals surface area contributed by atoms with Crippen LogP contribution in [-0.2, 0) is 41.7 Å². The van der Waals surface area contributed by atoms with Crippen molar-refractivity contribution in [3.05, 3.63) is 134 Å². The third-order valence-corrected chi connectivity index (χ3v) is 5.21. The SMILES string of the molecule is C=CCc1cc(Cc2cc(CC=C)c(OC(=O)C=C)c(CC=C)c2)cc(CC=C)c1OC(=O)C=C. The number of hydrogen-bond acceptors (Lipinski definition) is 4. The van der Waals surface area contributed by atoms with E-state index in [-0.39, 0.29) is 0 Å². The van der Waals surface area contributed by atoms with Gasteiger partial charge < -0.3 is 9.47 Å². The lowest BCUT2D eigenvalue weighted by atomic mass is 9.93. The third-order valence-electron chi connectivity index (χ3n) is 5.21. The summed E-state index contributed by atoms with van der Waals surface area (Å²) >= 11 is 0. The van der Waals surface area contributed by atoms with Crippen molar-refractivity contribution >= 4 is 11.9 Å². The summed E-state index contributed by atoms with van der Waals surface area (Å²) in [5.41, 5.74) is 5.53. The maximum absolute atomic E-state index is 11.9. The van der Waals surface area contributed by atoms with Gasteiger partial charge in [0.05, 0.1) is 0 Å². The van der Waals surface area contributed by atoms with E-state index in [2.05, 4.69) is 39.5 Å². The molecule has 0 aromatic heterocycles. The minimum atomic E-state index is -0.513. The molecule has 0 atom stereocenters. The Balaban J connectivity index is 2.61. The summed E-state index contributed by atoms with van der Waals surface area (Å²) in [4.78, 5) is 23.9. The molecule has 4 heteroatoms. The molecule has 2 aromatic carbocycles. The lowest BCUT2D eigenvalue weighted by molar-refractivity contribution is -0.129. The van der Waals surface area contributed by atoms with E-state index in [1.807, 2.05) is 24.3 Å². The summed E-state index contributed by atoms with van der Waals surface area (Å²) < 4.78 is 11.1. The van der Waals surface area contributed by atoms with Crippen molar-refractivity contribution in [3.63, 3.8) is 0 Å². The van der Waals surface area contributed by atoms with E-state index >= 15 is 0 Å². The van der Waals surface area contributed by atoms with Gasteiger partial charge in [-0.3, -0.25) is 0 Å². The molecule has 0 radical (unpaired) electrons. The molecule has 0 spiro atoms. The van der Waals surface area contributed by atoms with Gasteiger partial charge in [-0.25, -0.2) is 9.59 Å². The van der Waals surface area contributed by atoms with Crippen LogP contribution in [0.1, 0.15) is 33.4 Å². The van der Waals surface area contributed by atoms with Crippen molar-refractivity contribution in [2.24, 2.45) is 0 Å². The Labute approximate surface area is 208 Å². The Morgan fingerprint density at radius 3 is 1.09 bits per heavy atom. The Hall–Kier alpha value is -4.18. The summed E-state index contributed by atoms with van der Waals surface area (Å²) in [7, 11) is 0. The first kappa shape index (κ1) is 27.1. The fourth-order valence-electron chi connectivity index (χ4n) is 3.87. The van der Waals surface area contributed by atoms with Crippen molar-refractivity contribution < 1.29 is 19.1 Å². The van der Waals surface area contributed by atoms with Gasteiger partial charge in [-0.05, 0) is 65.5 Å². The second kappa shape index (κ2) is 13.5. The molecule has 0 aliphatic rings. The van der Waals surface area contributed by atoms with Crippen LogP contribution in [0.5, 0.6) is 11.5 Å². The monoisotopic (exact) mass is 468 g/mol. The number of esters is 2. The molecule has 0 saturated heterocycles. The topological polar surface area (TPSA) is 52.6 Å². The molecular weight excluding hydrogens is 436 g/mol. The molecule has 0 aliphatic carbocycles. The number of carbonyl (C=O) groups is 2. The minimum Gasteiger partial charge on any atom is -0.423 e. The Morgan fingerprint density at radius 1 is 0.571 bits per heavy atom. The van der Waals surface area contributed by atoms with Crippen LogP contribution in [0.25, 0.3) is 0 Å². The summed E-state index contributed by atoms with van der Waals surface area (Å²) in [5, 5.41) is 0. The zero-order valence-electron chi connectivity index (χ0n) is 20.2. The van der Waals surface area contributed by atoms with E-state index in [9.17, 15) is 9.59 Å². The molecule has 0 amide bonds. The number of carbonyl (C=O) groups excluding carboxylic acids is 2. The average molecular weight is 469 g/mol. The van der Waals surface area contributed by atoms with Gasteiger partial charge in [0.25, 0.3) is 0 Å². The smallest absolute Gasteiger partial charge is 0.335 e. The molecule has 180 valence electrons. The highest BCUT2D eigenvalue weighted by Gasteiger charge is 2.17. The first-order valence-electron chi connectivity index (χ1n) is 11.3. The number of ether oxygens (including phenoxy) is 2. The normalized spacial score (nSPS) is 10.1. The van der Waals surface area contributed by atoms with E-state index in [1.165, 1.54) is 0 Å². The Morgan fingerprint density at radius 2 is 0.857 bits per heavy atom. The van der Waals surface area contributed by atoms with Crippen molar-refractivity contribution in [2.45, 2.75) is 32.1 Å². The fraction of sp³-hybridized carbons (Fsp3) is 0.161. The first-order chi connectivity index (χ1) is 16.9. The van der Waals surface area contributed by atoms with E-state index < -0.39 is 11.9 Å². The Bertz CT molecular complexity index is 1010. The maximum atomic E-state index is 11.9. The van der Waals surface area contributed by atoms with Crippen LogP contribution in [-0.4, -0.2) is 11.9 Å². The zero-order chi connectivity index (χ0) is 25.8. The second-order valence-corrected chi connectivity index (χ2v) is 7.88. The maximum Gasteiger partial charge on any atom is 0.335 e. The van der Waals surface area contributed by atoms with Crippen molar-refractivity contribution in [1.82, 2.24) is 0 Å². The summed E-state index contributed by atoms with van der Waals surface area (Å²) in [6, 6.07) is 8.08. The van der Waals surface area contributed by atoms with Crippen LogP contribution in [0.15, 0.2) is 100 Å². The minimum absolute atomic E-state index is 0.513. The molecule has 0 saturated carbocycles. The molecule has 35 heavy (non-hydrogen) atoms. The fourth-order valence-corrected chi connectivity index (χ4v) is 3.87. The highest BCUT2D eigenvalue weighted by atomic mass is 16.5. The number of allylic oxidation sites excluding steroid dienone is 4. The predicted molar refractivity (Wildman–Crippen MR) is 143 cm³/mol. The molecule has 4 nitrogen and oxygen atoms in total. The van der Waals surface area contributed by atoms with Crippen LogP contribution in [0.3, 0.4) is 0 Å². The molecule has 2 aromatic rings. The lowest BCUT2D eigenvalue weighted by Crippen LogP contribution is -2.10. The molecule has 0 unspecified atom stereocenters. The highest BCUT2D eigenvalue weighted by Crippen LogP contribution is 2.32. The third kappa shape index (κ3) is 7.41. The van der Waals surface area contributed by atoms with Crippen molar-refractivity contribution in [2.75, 3.05) is 0 Å². The zero-order valence-corrected chi connectivity index (χ0v) is 20.2. The molecule has 0 N–H and O–H groups in total. The van der Waals surface area contributed by atoms with E-state index in [1.54, 1.807) is 24.3 Å². The van der Waals surface area contributed by atoms with Gasteiger partial charge >= 0.3 is 11.9 Å². The van der Waals surface area contributed by atoms with Gasteiger partial charge in [0.1, 0.15) is 11.5 Å². The molecular formula is C31H32O4. The van der Waals surface area contributed by atoms with Crippen LogP contribution in [0, 0.1) is 0 Å². The van der Waals surface area contributed by atoms with Gasteiger partial charge in [-0.1, -0.05) is 61.7 Å². The molecule has 0 fully saturated rings. The van der Waals surface area contributed by atoms with Gasteiger partial charge in [-0.2, -0.15) is 0 Å². The average Bonchev–Trinajstić information content (AvgIpc) is 2.83. The highest BCUT2D eigenvalue weighted by molar-refractivity contribution is 5.84. The number of hydrogen-bond donors (Lipinski definition) is 0. The molecule has 0 bridgehead atoms. The second-order valence-electron chi connectivity index (χ2n) is 7.88. The van der Waals surface area contributed by atoms with Gasteiger partial charge in [-0.15, -0.1) is 26.3 Å². The quantitative estimate of drug-likeness (QED) is 0.140. The van der Waals surface area contributed by atoms with E-state index in [0.717, 1.165) is 45.5 Å². The largest absolute Gasteiger partial charge is 0.423 e. The van der Waals surface area contributed by atoms with E-state index in [0.29, 0.717) is 43.6 Å². The van der Waals surface area contributed by atoms with Gasteiger partial charge in [0.15, 0.2) is 0 Å². The van der Waals surface area contributed by atoms with Gasteiger partial charge in [0.2, 0.25) is 0 Å². The van der Waals surface area contributed by atoms with E-state index in [4.69, 9.17) is 9.47 Å². The number of benzene rings is 2. The van der Waals surface area contributed by atoms with Crippen LogP contribution < -0.4 is 9.47 Å². The molecule has 0 heterocycles. The summed E-state index contributed by atoms with van der Waals surface area (Å²) in [6.45, 7) is 22.4. The lowest BCUT2D eigenvalue weighted by Gasteiger charge is -2.17. The number of rotatable bonds is 14. The first-order valence-corrected chi connectivity index (χ1v) is 11.3. The van der Waals surface area contributed by atoms with Crippen LogP contribution >= 0.6 is 0 Å².